The molecule has 3 aromatic carbocycles. The van der Waals surface area contributed by atoms with E-state index in [9.17, 15) is 8.42 Å². The van der Waals surface area contributed by atoms with Gasteiger partial charge in [-0.25, -0.2) is 8.42 Å². The first-order valence-corrected chi connectivity index (χ1v) is 12.9. The molecule has 3 rings (SSSR count). The highest BCUT2D eigenvalue weighted by Gasteiger charge is 2.26. The number of nitrogens with one attached hydrogen (secondary N) is 1. The van der Waals surface area contributed by atoms with Crippen LogP contribution in [-0.2, 0) is 14.8 Å². The van der Waals surface area contributed by atoms with Crippen molar-refractivity contribution in [2.75, 3.05) is 56.2 Å². The molecule has 10 heteroatoms. The number of para-hydroxylation sites is 2. The zero-order chi connectivity index (χ0) is 25.1. The third-order valence-corrected chi connectivity index (χ3v) is 7.10. The van der Waals surface area contributed by atoms with Crippen molar-refractivity contribution in [3.8, 4) is 11.5 Å². The summed E-state index contributed by atoms with van der Waals surface area (Å²) in [6, 6.07) is 20.6. The van der Waals surface area contributed by atoms with Crippen molar-refractivity contribution < 1.29 is 22.6 Å². The van der Waals surface area contributed by atoms with Crippen LogP contribution in [0.1, 0.15) is 0 Å². The van der Waals surface area contributed by atoms with E-state index in [4.69, 9.17) is 31.5 Å². The van der Waals surface area contributed by atoms with Crippen LogP contribution in [0.4, 0.5) is 11.4 Å². The average Bonchev–Trinajstić information content (AvgIpc) is 2.88. The van der Waals surface area contributed by atoms with Gasteiger partial charge in [0.1, 0.15) is 18.1 Å². The Bertz CT molecular complexity index is 1160. The number of benzene rings is 3. The molecule has 188 valence electrons. The van der Waals surface area contributed by atoms with E-state index in [-0.39, 0.29) is 18.0 Å². The Morgan fingerprint density at radius 2 is 1.60 bits per heavy atom. The molecule has 0 unspecified atom stereocenters. The second kappa shape index (κ2) is 13.2. The fourth-order valence-corrected chi connectivity index (χ4v) is 4.90. The Labute approximate surface area is 211 Å². The van der Waals surface area contributed by atoms with E-state index in [2.05, 4.69) is 5.32 Å². The largest absolute Gasteiger partial charge is 0.497 e. The maximum Gasteiger partial charge on any atom is 0.264 e. The summed E-state index contributed by atoms with van der Waals surface area (Å²) in [7, 11) is -2.35. The van der Waals surface area contributed by atoms with Crippen LogP contribution < -0.4 is 24.8 Å². The van der Waals surface area contributed by atoms with E-state index in [1.54, 1.807) is 48.5 Å². The van der Waals surface area contributed by atoms with Crippen molar-refractivity contribution in [1.82, 2.24) is 0 Å². The molecule has 0 aliphatic heterocycles. The summed E-state index contributed by atoms with van der Waals surface area (Å²) in [5, 5.41) is 3.92. The average molecular weight is 520 g/mol. The molecule has 8 nitrogen and oxygen atoms in total. The first kappa shape index (κ1) is 26.6. The van der Waals surface area contributed by atoms with Gasteiger partial charge in [0.25, 0.3) is 10.0 Å². The molecule has 0 bridgehead atoms. The second-order valence-electron chi connectivity index (χ2n) is 7.40. The van der Waals surface area contributed by atoms with E-state index in [1.807, 2.05) is 12.1 Å². The highest BCUT2D eigenvalue weighted by Crippen LogP contribution is 2.31. The van der Waals surface area contributed by atoms with Gasteiger partial charge in [-0.05, 0) is 60.7 Å². The van der Waals surface area contributed by atoms with Gasteiger partial charge in [0, 0.05) is 18.1 Å². The Hall–Kier alpha value is -2.98. The van der Waals surface area contributed by atoms with Crippen LogP contribution in [0.3, 0.4) is 0 Å². The van der Waals surface area contributed by atoms with Crippen LogP contribution in [0.5, 0.6) is 11.5 Å². The van der Waals surface area contributed by atoms with Gasteiger partial charge >= 0.3 is 0 Å². The molecule has 0 aliphatic rings. The van der Waals surface area contributed by atoms with Crippen LogP contribution in [0.2, 0.25) is 5.02 Å². The fourth-order valence-electron chi connectivity index (χ4n) is 3.30. The molecule has 0 radical (unpaired) electrons. The highest BCUT2D eigenvalue weighted by molar-refractivity contribution is 7.92. The van der Waals surface area contributed by atoms with E-state index >= 15 is 0 Å². The van der Waals surface area contributed by atoms with Crippen molar-refractivity contribution in [1.29, 1.82) is 0 Å². The molecule has 0 saturated carbocycles. The van der Waals surface area contributed by atoms with Gasteiger partial charge in [-0.1, -0.05) is 23.7 Å². The molecule has 3 aromatic rings. The van der Waals surface area contributed by atoms with Gasteiger partial charge in [-0.3, -0.25) is 4.31 Å². The third kappa shape index (κ3) is 7.50. The minimum Gasteiger partial charge on any atom is -0.497 e. The Morgan fingerprint density at radius 1 is 0.914 bits per heavy atom. The molecule has 0 atom stereocenters. The molecule has 3 N–H and O–H groups in total. The van der Waals surface area contributed by atoms with E-state index in [0.29, 0.717) is 54.2 Å². The lowest BCUT2D eigenvalue weighted by atomic mass is 10.2. The van der Waals surface area contributed by atoms with Crippen LogP contribution in [0.15, 0.2) is 77.7 Å². The summed E-state index contributed by atoms with van der Waals surface area (Å²) < 4.78 is 45.0. The number of hydrogen-bond acceptors (Lipinski definition) is 7. The normalized spacial score (nSPS) is 11.2. The minimum absolute atomic E-state index is 0.119. The van der Waals surface area contributed by atoms with E-state index in [1.165, 1.54) is 23.5 Å². The van der Waals surface area contributed by atoms with Gasteiger partial charge in [0.05, 0.1) is 43.1 Å². The van der Waals surface area contributed by atoms with Crippen molar-refractivity contribution in [3.05, 3.63) is 77.8 Å². The van der Waals surface area contributed by atoms with Crippen LogP contribution in [0.25, 0.3) is 0 Å². The van der Waals surface area contributed by atoms with Crippen molar-refractivity contribution in [3.63, 3.8) is 0 Å². The maximum atomic E-state index is 13.6. The van der Waals surface area contributed by atoms with Gasteiger partial charge in [0.15, 0.2) is 0 Å². The number of hydrogen-bond donors (Lipinski definition) is 2. The molecule has 0 aliphatic carbocycles. The van der Waals surface area contributed by atoms with E-state index in [0.717, 1.165) is 0 Å². The lowest BCUT2D eigenvalue weighted by Gasteiger charge is -2.27. The maximum absolute atomic E-state index is 13.6. The molecule has 0 spiro atoms. The lowest BCUT2D eigenvalue weighted by Crippen LogP contribution is -2.35. The summed E-state index contributed by atoms with van der Waals surface area (Å²) in [5.74, 6) is 1.27. The number of halogens is 1. The molecule has 0 saturated heterocycles. The first-order valence-electron chi connectivity index (χ1n) is 11.1. The zero-order valence-electron chi connectivity index (χ0n) is 19.5. The van der Waals surface area contributed by atoms with Gasteiger partial charge in [0.2, 0.25) is 0 Å². The summed E-state index contributed by atoms with van der Waals surface area (Å²) in [6.45, 7) is 1.85. The van der Waals surface area contributed by atoms with E-state index < -0.39 is 10.0 Å². The molecular weight excluding hydrogens is 490 g/mol. The van der Waals surface area contributed by atoms with Gasteiger partial charge in [-0.2, -0.15) is 0 Å². The molecule has 0 amide bonds. The topological polar surface area (TPSA) is 103 Å². The summed E-state index contributed by atoms with van der Waals surface area (Å²) in [6.07, 6.45) is 0. The SMILES string of the molecule is COc1ccc(S(=O)(=O)N(CCOCCN)c2ccccc2NCCOc2ccc(Cl)cc2)cc1. The monoisotopic (exact) mass is 519 g/mol. The molecule has 0 fully saturated rings. The number of nitrogens with zero attached hydrogens (tertiary/aromatic N) is 1. The lowest BCUT2D eigenvalue weighted by molar-refractivity contribution is 0.150. The summed E-state index contributed by atoms with van der Waals surface area (Å²) in [4.78, 5) is 0.151. The van der Waals surface area contributed by atoms with Crippen LogP contribution in [0, 0.1) is 0 Å². The number of anilines is 2. The number of nitrogens with two attached hydrogens (primary N) is 1. The summed E-state index contributed by atoms with van der Waals surface area (Å²) >= 11 is 5.91. The third-order valence-electron chi connectivity index (χ3n) is 5.02. The quantitative estimate of drug-likeness (QED) is 0.310. The number of sulfonamides is 1. The first-order chi connectivity index (χ1) is 17.0. The van der Waals surface area contributed by atoms with Gasteiger partial charge in [-0.15, -0.1) is 0 Å². The smallest absolute Gasteiger partial charge is 0.264 e. The number of methoxy groups -OCH3 is 1. The summed E-state index contributed by atoms with van der Waals surface area (Å²) in [5.41, 5.74) is 6.67. The number of rotatable bonds is 14. The molecular formula is C25H30ClN3O5S. The Morgan fingerprint density at radius 3 is 2.29 bits per heavy atom. The fraction of sp³-hybridized carbons (Fsp3) is 0.280. The predicted molar refractivity (Wildman–Crippen MR) is 139 cm³/mol. The van der Waals surface area contributed by atoms with Crippen LogP contribution in [-0.4, -0.2) is 55.0 Å². The Balaban J connectivity index is 1.79. The van der Waals surface area contributed by atoms with Crippen molar-refractivity contribution >= 4 is 33.0 Å². The Kier molecular flexibility index (Phi) is 10.0. The second-order valence-corrected chi connectivity index (χ2v) is 9.70. The predicted octanol–water partition coefficient (Wildman–Crippen LogP) is 4.01. The standard InChI is InChI=1S/C25H30ClN3O5S/c1-32-21-10-12-23(13-11-21)35(30,31)29(16-19-33-17-14-27)25-5-3-2-4-24(25)28-15-18-34-22-8-6-20(26)7-9-22/h2-13,28H,14-19,27H2,1H3. The zero-order valence-corrected chi connectivity index (χ0v) is 21.1. The number of ether oxygens (including phenoxy) is 3. The van der Waals surface area contributed by atoms with Crippen molar-refractivity contribution in [2.24, 2.45) is 5.73 Å². The van der Waals surface area contributed by atoms with Crippen LogP contribution >= 0.6 is 11.6 Å². The van der Waals surface area contributed by atoms with Crippen molar-refractivity contribution in [2.45, 2.75) is 4.90 Å². The molecule has 0 aromatic heterocycles. The highest BCUT2D eigenvalue weighted by atomic mass is 35.5. The molecule has 35 heavy (non-hydrogen) atoms. The molecule has 0 heterocycles. The minimum atomic E-state index is -3.88. The van der Waals surface area contributed by atoms with Gasteiger partial charge < -0.3 is 25.3 Å².